The molecule has 0 aliphatic carbocycles. The molecule has 0 unspecified atom stereocenters. The fraction of sp³-hybridized carbons (Fsp3) is 0.100. The molecule has 0 aliphatic rings. The second-order valence-corrected chi connectivity index (χ2v) is 3.47. The van der Waals surface area contributed by atoms with Crippen LogP contribution in [0.4, 0.5) is 0 Å². The zero-order valence-electron chi connectivity index (χ0n) is 7.10. The second-order valence-electron chi connectivity index (χ2n) is 3.03. The smallest absolute Gasteiger partial charge is 0.166 e. The van der Waals surface area contributed by atoms with Crippen LogP contribution < -0.4 is 0 Å². The van der Waals surface area contributed by atoms with Crippen LogP contribution in [0.2, 0.25) is 5.02 Å². The van der Waals surface area contributed by atoms with Gasteiger partial charge in [0.15, 0.2) is 6.29 Å². The topological polar surface area (TPSA) is 32.9 Å². The van der Waals surface area contributed by atoms with Gasteiger partial charge in [0.05, 0.1) is 5.69 Å². The first kappa shape index (κ1) is 8.32. The highest BCUT2D eigenvalue weighted by atomic mass is 35.5. The molecule has 2 nitrogen and oxygen atoms in total. The molecule has 3 heteroatoms. The van der Waals surface area contributed by atoms with Gasteiger partial charge in [-0.05, 0) is 30.7 Å². The van der Waals surface area contributed by atoms with Crippen LogP contribution in [0.15, 0.2) is 18.2 Å². The normalized spacial score (nSPS) is 10.6. The molecule has 0 amide bonds. The molecule has 0 radical (unpaired) electrons. The summed E-state index contributed by atoms with van der Waals surface area (Å²) in [4.78, 5) is 13.5. The highest BCUT2D eigenvalue weighted by Crippen LogP contribution is 2.23. The van der Waals surface area contributed by atoms with E-state index in [0.29, 0.717) is 10.7 Å². The first-order valence-electron chi connectivity index (χ1n) is 3.95. The van der Waals surface area contributed by atoms with Crippen molar-refractivity contribution in [1.82, 2.24) is 4.98 Å². The van der Waals surface area contributed by atoms with E-state index in [0.717, 1.165) is 22.8 Å². The molecule has 2 aromatic rings. The predicted molar refractivity (Wildman–Crippen MR) is 53.4 cm³/mol. The van der Waals surface area contributed by atoms with E-state index >= 15 is 0 Å². The Morgan fingerprint density at radius 2 is 2.15 bits per heavy atom. The van der Waals surface area contributed by atoms with E-state index in [4.69, 9.17) is 11.6 Å². The van der Waals surface area contributed by atoms with Crippen molar-refractivity contribution in [2.45, 2.75) is 6.92 Å². The maximum atomic E-state index is 10.5. The Balaban J connectivity index is 2.82. The molecular formula is C10H8ClNO. The number of benzene rings is 1. The van der Waals surface area contributed by atoms with Crippen molar-refractivity contribution >= 4 is 28.8 Å². The number of fused-ring (bicyclic) bond motifs is 1. The van der Waals surface area contributed by atoms with Crippen molar-refractivity contribution in [2.75, 3.05) is 0 Å². The Bertz CT molecular complexity index is 473. The monoisotopic (exact) mass is 193 g/mol. The van der Waals surface area contributed by atoms with Crippen molar-refractivity contribution in [3.63, 3.8) is 0 Å². The molecule has 0 saturated heterocycles. The molecule has 2 rings (SSSR count). The molecule has 0 fully saturated rings. The third-order valence-corrected chi connectivity index (χ3v) is 2.26. The Labute approximate surface area is 80.5 Å². The predicted octanol–water partition coefficient (Wildman–Crippen LogP) is 2.94. The summed E-state index contributed by atoms with van der Waals surface area (Å²) in [5.41, 5.74) is 2.61. The average molecular weight is 194 g/mol. The number of H-pyrrole nitrogens is 1. The van der Waals surface area contributed by atoms with Crippen LogP contribution >= 0.6 is 11.6 Å². The van der Waals surface area contributed by atoms with E-state index in [-0.39, 0.29) is 0 Å². The number of carbonyl (C=O) groups excluding carboxylic acids is 1. The van der Waals surface area contributed by atoms with Crippen molar-refractivity contribution in [3.8, 4) is 0 Å². The maximum absolute atomic E-state index is 10.5. The minimum absolute atomic E-state index is 0.584. The lowest BCUT2D eigenvalue weighted by Crippen LogP contribution is -1.78. The molecule has 0 saturated carbocycles. The zero-order chi connectivity index (χ0) is 9.42. The minimum Gasteiger partial charge on any atom is -0.352 e. The number of halogens is 1. The van der Waals surface area contributed by atoms with Gasteiger partial charge in [0.1, 0.15) is 0 Å². The number of carbonyl (C=O) groups is 1. The largest absolute Gasteiger partial charge is 0.352 e. The maximum Gasteiger partial charge on any atom is 0.166 e. The SMILES string of the molecule is Cc1cc(Cl)cc2cc(C=O)[nH]c12. The molecule has 1 aromatic carbocycles. The lowest BCUT2D eigenvalue weighted by atomic mass is 10.2. The van der Waals surface area contributed by atoms with Gasteiger partial charge in [-0.25, -0.2) is 0 Å². The zero-order valence-corrected chi connectivity index (χ0v) is 7.85. The highest BCUT2D eigenvalue weighted by Gasteiger charge is 2.03. The summed E-state index contributed by atoms with van der Waals surface area (Å²) < 4.78 is 0. The van der Waals surface area contributed by atoms with Gasteiger partial charge in [-0.1, -0.05) is 11.6 Å². The molecular weight excluding hydrogens is 186 g/mol. The van der Waals surface area contributed by atoms with E-state index in [9.17, 15) is 4.79 Å². The van der Waals surface area contributed by atoms with Gasteiger partial charge < -0.3 is 4.98 Å². The van der Waals surface area contributed by atoms with Crippen LogP contribution in [0, 0.1) is 6.92 Å². The Hall–Kier alpha value is -1.28. The molecule has 66 valence electrons. The van der Waals surface area contributed by atoms with E-state index in [2.05, 4.69) is 4.98 Å². The summed E-state index contributed by atoms with van der Waals surface area (Å²) in [7, 11) is 0. The summed E-state index contributed by atoms with van der Waals surface area (Å²) >= 11 is 5.87. The number of aryl methyl sites for hydroxylation is 1. The average Bonchev–Trinajstić information content (AvgIpc) is 2.47. The number of rotatable bonds is 1. The summed E-state index contributed by atoms with van der Waals surface area (Å²) in [6.07, 6.45) is 0.799. The fourth-order valence-electron chi connectivity index (χ4n) is 1.47. The third kappa shape index (κ3) is 1.33. The number of nitrogens with one attached hydrogen (secondary N) is 1. The third-order valence-electron chi connectivity index (χ3n) is 2.04. The van der Waals surface area contributed by atoms with E-state index in [1.54, 1.807) is 6.07 Å². The Morgan fingerprint density at radius 3 is 2.85 bits per heavy atom. The van der Waals surface area contributed by atoms with Gasteiger partial charge >= 0.3 is 0 Å². The van der Waals surface area contributed by atoms with E-state index < -0.39 is 0 Å². The molecule has 13 heavy (non-hydrogen) atoms. The van der Waals surface area contributed by atoms with Crippen LogP contribution in [0.3, 0.4) is 0 Å². The van der Waals surface area contributed by atoms with Gasteiger partial charge in [-0.15, -0.1) is 0 Å². The van der Waals surface area contributed by atoms with Crippen LogP contribution in [0.1, 0.15) is 16.1 Å². The lowest BCUT2D eigenvalue weighted by molar-refractivity contribution is 0.112. The molecule has 1 N–H and O–H groups in total. The first-order valence-corrected chi connectivity index (χ1v) is 4.32. The molecule has 0 aliphatic heterocycles. The summed E-state index contributed by atoms with van der Waals surface area (Å²) in [5.74, 6) is 0. The van der Waals surface area contributed by atoms with Gasteiger partial charge in [0, 0.05) is 15.9 Å². The quantitative estimate of drug-likeness (QED) is 0.694. The van der Waals surface area contributed by atoms with Crippen molar-refractivity contribution in [3.05, 3.63) is 34.5 Å². The molecule has 0 atom stereocenters. The number of aldehydes is 1. The summed E-state index contributed by atoms with van der Waals surface area (Å²) in [6.45, 7) is 1.96. The van der Waals surface area contributed by atoms with E-state index in [1.165, 1.54) is 0 Å². The number of hydrogen-bond acceptors (Lipinski definition) is 1. The standard InChI is InChI=1S/C10H8ClNO/c1-6-2-8(11)3-7-4-9(5-13)12-10(6)7/h2-5,12H,1H3. The van der Waals surface area contributed by atoms with Crippen LogP contribution in [0.25, 0.3) is 10.9 Å². The Morgan fingerprint density at radius 1 is 1.38 bits per heavy atom. The number of aromatic nitrogens is 1. The van der Waals surface area contributed by atoms with Gasteiger partial charge in [-0.2, -0.15) is 0 Å². The molecule has 1 aromatic heterocycles. The summed E-state index contributed by atoms with van der Waals surface area (Å²) in [5, 5.41) is 1.67. The molecule has 0 spiro atoms. The molecule has 0 bridgehead atoms. The van der Waals surface area contributed by atoms with Gasteiger partial charge in [0.25, 0.3) is 0 Å². The fourth-order valence-corrected chi connectivity index (χ4v) is 1.75. The van der Waals surface area contributed by atoms with Crippen LogP contribution in [-0.4, -0.2) is 11.3 Å². The highest BCUT2D eigenvalue weighted by molar-refractivity contribution is 6.31. The number of hydrogen-bond donors (Lipinski definition) is 1. The van der Waals surface area contributed by atoms with Crippen molar-refractivity contribution in [2.24, 2.45) is 0 Å². The van der Waals surface area contributed by atoms with Crippen molar-refractivity contribution in [1.29, 1.82) is 0 Å². The first-order chi connectivity index (χ1) is 6.20. The van der Waals surface area contributed by atoms with E-state index in [1.807, 2.05) is 19.1 Å². The van der Waals surface area contributed by atoms with Crippen LogP contribution in [0.5, 0.6) is 0 Å². The summed E-state index contributed by atoms with van der Waals surface area (Å²) in [6, 6.07) is 5.50. The van der Waals surface area contributed by atoms with Crippen molar-refractivity contribution < 1.29 is 4.79 Å². The minimum atomic E-state index is 0.584. The second kappa shape index (κ2) is 2.89. The van der Waals surface area contributed by atoms with Crippen LogP contribution in [-0.2, 0) is 0 Å². The van der Waals surface area contributed by atoms with Gasteiger partial charge in [-0.3, -0.25) is 4.79 Å². The Kier molecular flexibility index (Phi) is 1.85. The number of aromatic amines is 1. The van der Waals surface area contributed by atoms with Gasteiger partial charge in [0.2, 0.25) is 0 Å². The molecule has 1 heterocycles. The lowest BCUT2D eigenvalue weighted by Gasteiger charge is -1.96.